The summed E-state index contributed by atoms with van der Waals surface area (Å²) in [5, 5.41) is 3.39. The molecule has 0 aromatic heterocycles. The van der Waals surface area contributed by atoms with E-state index in [1.54, 1.807) is 0 Å². The first-order valence-corrected chi connectivity index (χ1v) is 5.84. The summed E-state index contributed by atoms with van der Waals surface area (Å²) >= 11 is 0. The quantitative estimate of drug-likeness (QED) is 0.724. The van der Waals surface area contributed by atoms with E-state index >= 15 is 0 Å². The van der Waals surface area contributed by atoms with E-state index in [1.807, 2.05) is 6.07 Å². The Bertz CT molecular complexity index is 456. The van der Waals surface area contributed by atoms with Crippen LogP contribution in [0.15, 0.2) is 24.3 Å². The molecule has 1 heterocycles. The molecule has 0 bridgehead atoms. The van der Waals surface area contributed by atoms with Gasteiger partial charge in [0.25, 0.3) is 0 Å². The largest absolute Gasteiger partial charge is 0.317 e. The lowest BCUT2D eigenvalue weighted by molar-refractivity contribution is 0.112. The van der Waals surface area contributed by atoms with Crippen LogP contribution in [0.2, 0.25) is 0 Å². The van der Waals surface area contributed by atoms with Crippen molar-refractivity contribution in [3.63, 3.8) is 0 Å². The molecule has 1 saturated heterocycles. The Kier molecular flexibility index (Phi) is 2.18. The molecule has 1 N–H and O–H groups in total. The van der Waals surface area contributed by atoms with Crippen LogP contribution in [0.4, 0.5) is 0 Å². The fourth-order valence-electron chi connectivity index (χ4n) is 2.87. The highest BCUT2D eigenvalue weighted by Gasteiger charge is 2.35. The zero-order chi connectivity index (χ0) is 11.0. The lowest BCUT2D eigenvalue weighted by atomic mass is 9.75. The van der Waals surface area contributed by atoms with Crippen molar-refractivity contribution in [1.82, 2.24) is 5.32 Å². The number of piperidine rings is 1. The number of benzene rings is 1. The number of hydrogen-bond acceptors (Lipinski definition) is 2. The van der Waals surface area contributed by atoms with Gasteiger partial charge in [-0.05, 0) is 43.1 Å². The van der Waals surface area contributed by atoms with E-state index in [0.29, 0.717) is 0 Å². The molecule has 82 valence electrons. The summed E-state index contributed by atoms with van der Waals surface area (Å²) in [5.74, 6) is 0. The van der Waals surface area contributed by atoms with Crippen LogP contribution in [-0.4, -0.2) is 19.4 Å². The van der Waals surface area contributed by atoms with Crippen LogP contribution in [0.3, 0.4) is 0 Å². The molecule has 0 unspecified atom stereocenters. The lowest BCUT2D eigenvalue weighted by Gasteiger charge is -2.33. The van der Waals surface area contributed by atoms with Gasteiger partial charge in [-0.25, -0.2) is 0 Å². The van der Waals surface area contributed by atoms with Gasteiger partial charge < -0.3 is 5.32 Å². The number of hydrogen-bond donors (Lipinski definition) is 1. The van der Waals surface area contributed by atoms with E-state index in [0.717, 1.165) is 37.8 Å². The zero-order valence-electron chi connectivity index (χ0n) is 9.20. The fourth-order valence-corrected chi connectivity index (χ4v) is 2.87. The molecule has 1 aliphatic carbocycles. The average molecular weight is 213 g/mol. The van der Waals surface area contributed by atoms with Crippen molar-refractivity contribution in [2.24, 2.45) is 0 Å². The summed E-state index contributed by atoms with van der Waals surface area (Å²) in [4.78, 5) is 10.8. The first kappa shape index (κ1) is 9.79. The van der Waals surface area contributed by atoms with E-state index < -0.39 is 0 Å². The highest BCUT2D eigenvalue weighted by atomic mass is 16.1. The predicted molar refractivity (Wildman–Crippen MR) is 64.6 cm³/mol. The summed E-state index contributed by atoms with van der Waals surface area (Å²) in [6, 6.07) is 6.02. The van der Waals surface area contributed by atoms with Gasteiger partial charge in [-0.2, -0.15) is 0 Å². The van der Waals surface area contributed by atoms with Gasteiger partial charge in [-0.15, -0.1) is 0 Å². The molecule has 0 radical (unpaired) electrons. The van der Waals surface area contributed by atoms with Crippen LogP contribution in [0.5, 0.6) is 0 Å². The number of aldehydes is 1. The summed E-state index contributed by atoms with van der Waals surface area (Å²) in [5.41, 5.74) is 3.62. The van der Waals surface area contributed by atoms with Crippen LogP contribution in [0.1, 0.15) is 34.3 Å². The molecule has 1 aromatic rings. The lowest BCUT2D eigenvalue weighted by Crippen LogP contribution is -2.37. The Morgan fingerprint density at radius 2 is 2.06 bits per heavy atom. The van der Waals surface area contributed by atoms with E-state index in [-0.39, 0.29) is 5.41 Å². The van der Waals surface area contributed by atoms with Crippen LogP contribution in [0.25, 0.3) is 6.08 Å². The minimum atomic E-state index is 0.194. The summed E-state index contributed by atoms with van der Waals surface area (Å²) in [6.45, 7) is 2.13. The van der Waals surface area contributed by atoms with Gasteiger partial charge in [-0.3, -0.25) is 4.79 Å². The Balaban J connectivity index is 2.08. The number of fused-ring (bicyclic) bond motifs is 2. The van der Waals surface area contributed by atoms with Crippen LogP contribution in [0, 0.1) is 0 Å². The molecule has 2 aliphatic rings. The summed E-state index contributed by atoms with van der Waals surface area (Å²) in [6.07, 6.45) is 7.74. The van der Waals surface area contributed by atoms with Gasteiger partial charge in [-0.1, -0.05) is 24.3 Å². The van der Waals surface area contributed by atoms with E-state index in [2.05, 4.69) is 29.6 Å². The first-order chi connectivity index (χ1) is 7.84. The number of carbonyl (C=O) groups is 1. The van der Waals surface area contributed by atoms with Crippen molar-refractivity contribution in [3.05, 3.63) is 41.0 Å². The molecular formula is C14H15NO. The molecule has 0 saturated carbocycles. The van der Waals surface area contributed by atoms with Crippen molar-refractivity contribution >= 4 is 12.4 Å². The molecule has 0 amide bonds. The molecule has 2 heteroatoms. The monoisotopic (exact) mass is 213 g/mol. The average Bonchev–Trinajstić information content (AvgIpc) is 2.69. The summed E-state index contributed by atoms with van der Waals surface area (Å²) in [7, 11) is 0. The summed E-state index contributed by atoms with van der Waals surface area (Å²) < 4.78 is 0. The third kappa shape index (κ3) is 1.34. The molecule has 0 atom stereocenters. The molecule has 2 nitrogen and oxygen atoms in total. The van der Waals surface area contributed by atoms with Crippen molar-refractivity contribution < 1.29 is 4.79 Å². The third-order valence-electron chi connectivity index (χ3n) is 3.83. The van der Waals surface area contributed by atoms with Gasteiger partial charge in [0.1, 0.15) is 6.29 Å². The standard InChI is InChI=1S/C14H15NO/c16-10-11-1-2-12-3-4-14(13(12)9-11)5-7-15-8-6-14/h1-4,9-10,15H,5-8H2. The molecule has 3 rings (SSSR count). The molecule has 16 heavy (non-hydrogen) atoms. The maximum absolute atomic E-state index is 10.8. The van der Waals surface area contributed by atoms with Gasteiger partial charge in [0.05, 0.1) is 0 Å². The van der Waals surface area contributed by atoms with E-state index in [9.17, 15) is 4.79 Å². The third-order valence-corrected chi connectivity index (χ3v) is 3.83. The fraction of sp³-hybridized carbons (Fsp3) is 0.357. The van der Waals surface area contributed by atoms with Gasteiger partial charge >= 0.3 is 0 Å². The maximum atomic E-state index is 10.8. The van der Waals surface area contributed by atoms with Crippen LogP contribution in [-0.2, 0) is 5.41 Å². The first-order valence-electron chi connectivity index (χ1n) is 5.84. The number of rotatable bonds is 1. The van der Waals surface area contributed by atoms with Crippen molar-refractivity contribution in [3.8, 4) is 0 Å². The highest BCUT2D eigenvalue weighted by Crippen LogP contribution is 2.42. The van der Waals surface area contributed by atoms with Gasteiger partial charge in [0.15, 0.2) is 0 Å². The second kappa shape index (κ2) is 3.56. The highest BCUT2D eigenvalue weighted by molar-refractivity contribution is 5.78. The Morgan fingerprint density at radius 3 is 2.81 bits per heavy atom. The predicted octanol–water partition coefficient (Wildman–Crippen LogP) is 2.15. The smallest absolute Gasteiger partial charge is 0.150 e. The number of carbonyl (C=O) groups excluding carboxylic acids is 1. The Morgan fingerprint density at radius 1 is 1.25 bits per heavy atom. The van der Waals surface area contributed by atoms with Crippen LogP contribution >= 0.6 is 0 Å². The minimum Gasteiger partial charge on any atom is -0.317 e. The zero-order valence-corrected chi connectivity index (χ0v) is 9.20. The number of allylic oxidation sites excluding steroid dienone is 1. The second-order valence-electron chi connectivity index (χ2n) is 4.70. The Labute approximate surface area is 95.4 Å². The van der Waals surface area contributed by atoms with E-state index in [4.69, 9.17) is 0 Å². The van der Waals surface area contributed by atoms with Gasteiger partial charge in [0, 0.05) is 11.0 Å². The number of nitrogens with one attached hydrogen (secondary N) is 1. The second-order valence-corrected chi connectivity index (χ2v) is 4.70. The minimum absolute atomic E-state index is 0.194. The molecule has 1 fully saturated rings. The topological polar surface area (TPSA) is 29.1 Å². The Hall–Kier alpha value is -1.41. The normalized spacial score (nSPS) is 21.0. The SMILES string of the molecule is O=Cc1ccc2c(c1)C1(C=C2)CCNCC1. The van der Waals surface area contributed by atoms with Crippen molar-refractivity contribution in [2.75, 3.05) is 13.1 Å². The van der Waals surface area contributed by atoms with Gasteiger partial charge in [0.2, 0.25) is 0 Å². The molecule has 1 spiro atoms. The van der Waals surface area contributed by atoms with Crippen molar-refractivity contribution in [1.29, 1.82) is 0 Å². The van der Waals surface area contributed by atoms with Crippen molar-refractivity contribution in [2.45, 2.75) is 18.3 Å². The molecule has 1 aromatic carbocycles. The molecule has 1 aliphatic heterocycles. The maximum Gasteiger partial charge on any atom is 0.150 e. The van der Waals surface area contributed by atoms with Crippen LogP contribution < -0.4 is 5.32 Å². The van der Waals surface area contributed by atoms with E-state index in [1.165, 1.54) is 11.1 Å². The molecular weight excluding hydrogens is 198 g/mol.